The van der Waals surface area contributed by atoms with Crippen molar-refractivity contribution in [3.8, 4) is 5.82 Å². The number of amides is 1. The van der Waals surface area contributed by atoms with Crippen LogP contribution in [0.25, 0.3) is 5.82 Å². The zero-order valence-electron chi connectivity index (χ0n) is 21.5. The third-order valence-corrected chi connectivity index (χ3v) is 7.26. The SMILES string of the molecule is Cc1cccnc1-n1c(C)cc(C2C(c3ccccn3)NC(=S)N2CCC(=O)Nc2ccccc2F)c1C. The molecule has 2 unspecified atom stereocenters. The maximum absolute atomic E-state index is 14.1. The minimum absolute atomic E-state index is 0.139. The number of para-hydroxylation sites is 1. The van der Waals surface area contributed by atoms with Crippen molar-refractivity contribution < 1.29 is 9.18 Å². The fraction of sp³-hybridized carbons (Fsp3) is 0.241. The van der Waals surface area contributed by atoms with Crippen LogP contribution in [0.1, 0.15) is 46.7 Å². The molecule has 0 aliphatic carbocycles. The van der Waals surface area contributed by atoms with E-state index in [9.17, 15) is 9.18 Å². The third kappa shape index (κ3) is 4.89. The Bertz CT molecular complexity index is 1490. The van der Waals surface area contributed by atoms with Crippen molar-refractivity contribution in [3.63, 3.8) is 0 Å². The lowest BCUT2D eigenvalue weighted by atomic mass is 9.96. The van der Waals surface area contributed by atoms with Gasteiger partial charge in [0.2, 0.25) is 5.91 Å². The molecule has 2 atom stereocenters. The van der Waals surface area contributed by atoms with Gasteiger partial charge in [0.15, 0.2) is 5.11 Å². The van der Waals surface area contributed by atoms with Gasteiger partial charge < -0.3 is 20.1 Å². The number of carbonyl (C=O) groups is 1. The molecule has 1 fully saturated rings. The molecule has 0 saturated carbocycles. The second-order valence-corrected chi connectivity index (χ2v) is 9.79. The lowest BCUT2D eigenvalue weighted by Crippen LogP contribution is -2.33. The summed E-state index contributed by atoms with van der Waals surface area (Å²) in [5.74, 6) is 0.129. The molecule has 9 heteroatoms. The molecule has 0 spiro atoms. The number of nitrogens with zero attached hydrogens (tertiary/aromatic N) is 4. The first-order chi connectivity index (χ1) is 18.3. The lowest BCUT2D eigenvalue weighted by Gasteiger charge is -2.28. The standard InChI is InChI=1S/C29H29FN6OS/c1-18-9-8-15-32-28(18)36-19(2)17-21(20(36)3)27-26(24-12-6-7-14-31-24)34-29(38)35(27)16-13-25(37)33-23-11-5-4-10-22(23)30/h4-12,14-15,17,26-27H,13,16H2,1-3H3,(H,33,37)(H,34,38). The van der Waals surface area contributed by atoms with E-state index in [1.54, 1.807) is 30.6 Å². The molecule has 5 rings (SSSR count). The zero-order valence-corrected chi connectivity index (χ0v) is 22.3. The Labute approximate surface area is 226 Å². The molecule has 0 radical (unpaired) electrons. The van der Waals surface area contributed by atoms with Gasteiger partial charge in [-0.1, -0.05) is 24.3 Å². The summed E-state index contributed by atoms with van der Waals surface area (Å²) in [6, 6.07) is 17.7. The second-order valence-electron chi connectivity index (χ2n) is 9.40. The molecule has 0 bridgehead atoms. The Hall–Kier alpha value is -4.11. The van der Waals surface area contributed by atoms with E-state index in [4.69, 9.17) is 12.2 Å². The van der Waals surface area contributed by atoms with Gasteiger partial charge in [0.1, 0.15) is 11.6 Å². The Morgan fingerprint density at radius 1 is 1.05 bits per heavy atom. The highest BCUT2D eigenvalue weighted by molar-refractivity contribution is 7.80. The summed E-state index contributed by atoms with van der Waals surface area (Å²) in [5.41, 5.74) is 5.26. The van der Waals surface area contributed by atoms with Gasteiger partial charge in [-0.2, -0.15) is 0 Å². The fourth-order valence-corrected chi connectivity index (χ4v) is 5.44. The number of benzene rings is 1. The van der Waals surface area contributed by atoms with Crippen LogP contribution in [-0.2, 0) is 4.79 Å². The molecule has 4 heterocycles. The van der Waals surface area contributed by atoms with Gasteiger partial charge in [-0.05, 0) is 80.5 Å². The van der Waals surface area contributed by atoms with E-state index in [-0.39, 0.29) is 30.1 Å². The highest BCUT2D eigenvalue weighted by Gasteiger charge is 2.41. The molecule has 1 saturated heterocycles. The molecule has 1 amide bonds. The molecule has 1 aliphatic heterocycles. The molecule has 7 nitrogen and oxygen atoms in total. The number of rotatable bonds is 7. The molecular weight excluding hydrogens is 499 g/mol. The first kappa shape index (κ1) is 25.5. The van der Waals surface area contributed by atoms with Gasteiger partial charge >= 0.3 is 0 Å². The van der Waals surface area contributed by atoms with Gasteiger partial charge in [-0.3, -0.25) is 9.78 Å². The Kier molecular flexibility index (Phi) is 7.20. The molecule has 1 aliphatic rings. The van der Waals surface area contributed by atoms with Crippen molar-refractivity contribution in [1.82, 2.24) is 24.8 Å². The summed E-state index contributed by atoms with van der Waals surface area (Å²) in [7, 11) is 0. The average Bonchev–Trinajstić information content (AvgIpc) is 3.39. The van der Waals surface area contributed by atoms with Gasteiger partial charge in [0, 0.05) is 36.7 Å². The average molecular weight is 529 g/mol. The van der Waals surface area contributed by atoms with Crippen molar-refractivity contribution in [3.05, 3.63) is 107 Å². The van der Waals surface area contributed by atoms with Crippen LogP contribution in [-0.4, -0.2) is 37.0 Å². The largest absolute Gasteiger partial charge is 0.352 e. The number of aromatic nitrogens is 3. The number of hydrogen-bond acceptors (Lipinski definition) is 4. The zero-order chi connectivity index (χ0) is 26.8. The maximum atomic E-state index is 14.1. The van der Waals surface area contributed by atoms with Gasteiger partial charge in [0.05, 0.1) is 23.5 Å². The van der Waals surface area contributed by atoms with E-state index >= 15 is 0 Å². The van der Waals surface area contributed by atoms with Crippen LogP contribution in [0, 0.1) is 26.6 Å². The van der Waals surface area contributed by atoms with Crippen LogP contribution >= 0.6 is 12.2 Å². The Balaban J connectivity index is 1.48. The number of anilines is 1. The molecular formula is C29H29FN6OS. The molecule has 2 N–H and O–H groups in total. The summed E-state index contributed by atoms with van der Waals surface area (Å²) >= 11 is 5.77. The van der Waals surface area contributed by atoms with Crippen LogP contribution < -0.4 is 10.6 Å². The van der Waals surface area contributed by atoms with Crippen molar-refractivity contribution in [1.29, 1.82) is 0 Å². The van der Waals surface area contributed by atoms with Crippen LogP contribution in [0.3, 0.4) is 0 Å². The number of nitrogens with one attached hydrogen (secondary N) is 2. The third-order valence-electron chi connectivity index (χ3n) is 6.91. The Morgan fingerprint density at radius 2 is 1.82 bits per heavy atom. The van der Waals surface area contributed by atoms with Crippen LogP contribution in [0.15, 0.2) is 73.1 Å². The minimum atomic E-state index is -0.468. The Morgan fingerprint density at radius 3 is 2.55 bits per heavy atom. The van der Waals surface area contributed by atoms with Crippen LogP contribution in [0.4, 0.5) is 10.1 Å². The van der Waals surface area contributed by atoms with Gasteiger partial charge in [-0.25, -0.2) is 9.37 Å². The predicted molar refractivity (Wildman–Crippen MR) is 150 cm³/mol. The van der Waals surface area contributed by atoms with Gasteiger partial charge in [-0.15, -0.1) is 0 Å². The van der Waals surface area contributed by atoms with E-state index in [1.807, 2.05) is 42.2 Å². The van der Waals surface area contributed by atoms with Crippen molar-refractivity contribution in [2.24, 2.45) is 0 Å². The van der Waals surface area contributed by atoms with Crippen molar-refractivity contribution in [2.75, 3.05) is 11.9 Å². The highest BCUT2D eigenvalue weighted by Crippen LogP contribution is 2.41. The molecule has 3 aromatic heterocycles. The first-order valence-corrected chi connectivity index (χ1v) is 12.9. The number of thiocarbonyl (C=S) groups is 1. The number of carbonyl (C=O) groups excluding carboxylic acids is 1. The number of halogens is 1. The molecule has 4 aromatic rings. The number of hydrogen-bond donors (Lipinski definition) is 2. The normalized spacial score (nSPS) is 16.9. The lowest BCUT2D eigenvalue weighted by molar-refractivity contribution is -0.116. The fourth-order valence-electron chi connectivity index (χ4n) is 5.11. The van der Waals surface area contributed by atoms with Crippen LogP contribution in [0.2, 0.25) is 0 Å². The molecule has 38 heavy (non-hydrogen) atoms. The van der Waals surface area contributed by atoms with E-state index in [2.05, 4.69) is 45.1 Å². The van der Waals surface area contributed by atoms with E-state index < -0.39 is 5.82 Å². The molecule has 1 aromatic carbocycles. The smallest absolute Gasteiger partial charge is 0.226 e. The summed E-state index contributed by atoms with van der Waals surface area (Å²) in [6.45, 7) is 6.54. The summed E-state index contributed by atoms with van der Waals surface area (Å²) < 4.78 is 16.2. The highest BCUT2D eigenvalue weighted by atomic mass is 32.1. The summed E-state index contributed by atoms with van der Waals surface area (Å²) in [6.07, 6.45) is 3.70. The predicted octanol–water partition coefficient (Wildman–Crippen LogP) is 5.33. The number of pyridine rings is 2. The topological polar surface area (TPSA) is 75.1 Å². The van der Waals surface area contributed by atoms with Crippen molar-refractivity contribution >= 4 is 28.9 Å². The molecule has 194 valence electrons. The first-order valence-electron chi connectivity index (χ1n) is 12.5. The van der Waals surface area contributed by atoms with E-state index in [0.29, 0.717) is 11.7 Å². The monoisotopic (exact) mass is 528 g/mol. The van der Waals surface area contributed by atoms with Crippen molar-refractivity contribution in [2.45, 2.75) is 39.3 Å². The van der Waals surface area contributed by atoms with E-state index in [1.165, 1.54) is 6.07 Å². The summed E-state index contributed by atoms with van der Waals surface area (Å²) in [4.78, 5) is 24.1. The number of aryl methyl sites for hydroxylation is 2. The van der Waals surface area contributed by atoms with E-state index in [0.717, 1.165) is 34.0 Å². The van der Waals surface area contributed by atoms with Crippen LogP contribution in [0.5, 0.6) is 0 Å². The van der Waals surface area contributed by atoms with Gasteiger partial charge in [0.25, 0.3) is 0 Å². The summed E-state index contributed by atoms with van der Waals surface area (Å²) in [5, 5.41) is 6.65. The maximum Gasteiger partial charge on any atom is 0.226 e. The minimum Gasteiger partial charge on any atom is -0.352 e. The quantitative estimate of drug-likeness (QED) is 0.316. The second kappa shape index (κ2) is 10.7.